The Morgan fingerprint density at radius 3 is 2.78 bits per heavy atom. The SMILES string of the molecule is CC1CCCC(N(C)C(c2ccsc2)C(C)N)C1. The predicted molar refractivity (Wildman–Crippen MR) is 79.9 cm³/mol. The van der Waals surface area contributed by atoms with Crippen LogP contribution in [0.4, 0.5) is 0 Å². The van der Waals surface area contributed by atoms with Crippen LogP contribution in [-0.4, -0.2) is 24.0 Å². The molecule has 0 amide bonds. The third-order valence-corrected chi connectivity index (χ3v) is 5.01. The Balaban J connectivity index is 2.10. The first kappa shape index (κ1) is 14.0. The van der Waals surface area contributed by atoms with Crippen LogP contribution in [0.15, 0.2) is 16.8 Å². The largest absolute Gasteiger partial charge is 0.326 e. The molecule has 102 valence electrons. The van der Waals surface area contributed by atoms with Crippen LogP contribution < -0.4 is 5.73 Å². The molecule has 2 rings (SSSR count). The number of nitrogens with two attached hydrogens (primary N) is 1. The maximum absolute atomic E-state index is 6.23. The third-order valence-electron chi connectivity index (χ3n) is 4.31. The summed E-state index contributed by atoms with van der Waals surface area (Å²) < 4.78 is 0. The summed E-state index contributed by atoms with van der Waals surface area (Å²) in [7, 11) is 2.26. The highest BCUT2D eigenvalue weighted by Crippen LogP contribution is 2.33. The van der Waals surface area contributed by atoms with Crippen molar-refractivity contribution in [2.45, 2.75) is 57.7 Å². The molecule has 1 saturated carbocycles. The minimum absolute atomic E-state index is 0.182. The molecule has 4 atom stereocenters. The van der Waals surface area contributed by atoms with Crippen molar-refractivity contribution in [1.29, 1.82) is 0 Å². The number of hydrogen-bond donors (Lipinski definition) is 1. The molecule has 1 aromatic rings. The summed E-state index contributed by atoms with van der Waals surface area (Å²) in [4.78, 5) is 2.53. The van der Waals surface area contributed by atoms with E-state index < -0.39 is 0 Å². The van der Waals surface area contributed by atoms with E-state index in [2.05, 4.69) is 42.6 Å². The molecule has 0 aliphatic heterocycles. The monoisotopic (exact) mass is 266 g/mol. The summed E-state index contributed by atoms with van der Waals surface area (Å²) >= 11 is 1.77. The summed E-state index contributed by atoms with van der Waals surface area (Å²) in [6.45, 7) is 4.51. The maximum atomic E-state index is 6.23. The minimum atomic E-state index is 0.182. The molecule has 1 heterocycles. The van der Waals surface area contributed by atoms with Crippen LogP contribution in [0.1, 0.15) is 51.1 Å². The van der Waals surface area contributed by atoms with Crippen molar-refractivity contribution in [2.75, 3.05) is 7.05 Å². The van der Waals surface area contributed by atoms with Crippen LogP contribution >= 0.6 is 11.3 Å². The van der Waals surface area contributed by atoms with E-state index >= 15 is 0 Å². The van der Waals surface area contributed by atoms with Crippen molar-refractivity contribution in [1.82, 2.24) is 4.90 Å². The van der Waals surface area contributed by atoms with Crippen molar-refractivity contribution >= 4 is 11.3 Å². The van der Waals surface area contributed by atoms with Crippen molar-refractivity contribution in [3.63, 3.8) is 0 Å². The van der Waals surface area contributed by atoms with E-state index in [1.165, 1.54) is 31.2 Å². The molecule has 2 nitrogen and oxygen atoms in total. The first-order chi connectivity index (χ1) is 8.59. The molecule has 0 saturated heterocycles. The van der Waals surface area contributed by atoms with Crippen LogP contribution in [0.2, 0.25) is 0 Å². The van der Waals surface area contributed by atoms with Crippen LogP contribution in [0.25, 0.3) is 0 Å². The highest BCUT2D eigenvalue weighted by molar-refractivity contribution is 7.07. The summed E-state index contributed by atoms with van der Waals surface area (Å²) in [5.41, 5.74) is 7.62. The Labute approximate surface area is 115 Å². The fourth-order valence-electron chi connectivity index (χ4n) is 3.35. The lowest BCUT2D eigenvalue weighted by molar-refractivity contribution is 0.106. The zero-order chi connectivity index (χ0) is 13.1. The van der Waals surface area contributed by atoms with Gasteiger partial charge in [0.1, 0.15) is 0 Å². The summed E-state index contributed by atoms with van der Waals surface area (Å²) in [5.74, 6) is 0.863. The molecule has 0 aromatic carbocycles. The van der Waals surface area contributed by atoms with Crippen molar-refractivity contribution in [3.05, 3.63) is 22.4 Å². The lowest BCUT2D eigenvalue weighted by atomic mass is 9.85. The molecule has 2 N–H and O–H groups in total. The third kappa shape index (κ3) is 3.14. The van der Waals surface area contributed by atoms with Crippen LogP contribution in [0.5, 0.6) is 0 Å². The second-order valence-corrected chi connectivity index (χ2v) is 6.73. The standard InChI is InChI=1S/C15H26N2S/c1-11-5-4-6-14(9-11)17(3)15(12(2)16)13-7-8-18-10-13/h7-8,10-12,14-15H,4-6,9,16H2,1-3H3. The lowest BCUT2D eigenvalue weighted by Gasteiger charge is -2.40. The zero-order valence-corrected chi connectivity index (χ0v) is 12.6. The highest BCUT2D eigenvalue weighted by Gasteiger charge is 2.29. The second kappa shape index (κ2) is 6.18. The van der Waals surface area contributed by atoms with Gasteiger partial charge in [-0.3, -0.25) is 4.90 Å². The summed E-state index contributed by atoms with van der Waals surface area (Å²) in [6.07, 6.45) is 5.41. The molecule has 1 aliphatic carbocycles. The molecular weight excluding hydrogens is 240 g/mol. The van der Waals surface area contributed by atoms with Crippen molar-refractivity contribution < 1.29 is 0 Å². The Kier molecular flexibility index (Phi) is 4.82. The van der Waals surface area contributed by atoms with Gasteiger partial charge in [-0.05, 0) is 55.1 Å². The van der Waals surface area contributed by atoms with Gasteiger partial charge >= 0.3 is 0 Å². The summed E-state index contributed by atoms with van der Waals surface area (Å²) in [6, 6.07) is 3.47. The van der Waals surface area contributed by atoms with Gasteiger partial charge in [0.25, 0.3) is 0 Å². The van der Waals surface area contributed by atoms with Crippen molar-refractivity contribution in [3.8, 4) is 0 Å². The summed E-state index contributed by atoms with van der Waals surface area (Å²) in [5, 5.41) is 4.40. The topological polar surface area (TPSA) is 29.3 Å². The van der Waals surface area contributed by atoms with Gasteiger partial charge in [0.05, 0.1) is 6.04 Å². The first-order valence-corrected chi connectivity index (χ1v) is 8.03. The van der Waals surface area contributed by atoms with E-state index in [0.717, 1.165) is 5.92 Å². The molecule has 1 aromatic heterocycles. The molecule has 1 fully saturated rings. The van der Waals surface area contributed by atoms with E-state index in [1.54, 1.807) is 11.3 Å². The van der Waals surface area contributed by atoms with Gasteiger partial charge < -0.3 is 5.73 Å². The maximum Gasteiger partial charge on any atom is 0.0504 e. The lowest BCUT2D eigenvalue weighted by Crippen LogP contribution is -2.44. The Bertz CT molecular complexity index is 347. The molecule has 4 unspecified atom stereocenters. The molecule has 1 aliphatic rings. The Hall–Kier alpha value is -0.380. The fraction of sp³-hybridized carbons (Fsp3) is 0.733. The molecule has 0 radical (unpaired) electrons. The normalized spacial score (nSPS) is 28.3. The van der Waals surface area contributed by atoms with E-state index in [4.69, 9.17) is 5.73 Å². The van der Waals surface area contributed by atoms with Gasteiger partial charge in [0.2, 0.25) is 0 Å². The van der Waals surface area contributed by atoms with E-state index in [-0.39, 0.29) is 6.04 Å². The van der Waals surface area contributed by atoms with Gasteiger partial charge in [0.15, 0.2) is 0 Å². The first-order valence-electron chi connectivity index (χ1n) is 7.09. The molecule has 3 heteroatoms. The molecule has 0 bridgehead atoms. The van der Waals surface area contributed by atoms with Crippen LogP contribution in [0, 0.1) is 5.92 Å². The number of likely N-dealkylation sites (N-methyl/N-ethyl adjacent to an activating group) is 1. The number of rotatable bonds is 4. The smallest absolute Gasteiger partial charge is 0.0504 e. The second-order valence-electron chi connectivity index (χ2n) is 5.95. The Morgan fingerprint density at radius 2 is 2.22 bits per heavy atom. The predicted octanol–water partition coefficient (Wildman–Crippen LogP) is 3.65. The molecular formula is C15H26N2S. The Morgan fingerprint density at radius 1 is 1.44 bits per heavy atom. The van der Waals surface area contributed by atoms with Crippen molar-refractivity contribution in [2.24, 2.45) is 11.7 Å². The highest BCUT2D eigenvalue weighted by atomic mass is 32.1. The van der Waals surface area contributed by atoms with E-state index in [9.17, 15) is 0 Å². The number of hydrogen-bond acceptors (Lipinski definition) is 3. The van der Waals surface area contributed by atoms with Gasteiger partial charge in [-0.25, -0.2) is 0 Å². The fourth-order valence-corrected chi connectivity index (χ4v) is 4.04. The molecule has 0 spiro atoms. The number of nitrogens with zero attached hydrogens (tertiary/aromatic N) is 1. The van der Waals surface area contributed by atoms with E-state index in [0.29, 0.717) is 12.1 Å². The quantitative estimate of drug-likeness (QED) is 0.901. The van der Waals surface area contributed by atoms with Crippen LogP contribution in [0.3, 0.4) is 0 Å². The van der Waals surface area contributed by atoms with Gasteiger partial charge in [-0.15, -0.1) is 0 Å². The van der Waals surface area contributed by atoms with Gasteiger partial charge in [0, 0.05) is 12.1 Å². The average Bonchev–Trinajstić information content (AvgIpc) is 2.82. The van der Waals surface area contributed by atoms with Crippen LogP contribution in [-0.2, 0) is 0 Å². The van der Waals surface area contributed by atoms with E-state index in [1.807, 2.05) is 0 Å². The molecule has 18 heavy (non-hydrogen) atoms. The average molecular weight is 266 g/mol. The van der Waals surface area contributed by atoms with Gasteiger partial charge in [-0.1, -0.05) is 19.8 Å². The number of thiophene rings is 1. The van der Waals surface area contributed by atoms with Gasteiger partial charge in [-0.2, -0.15) is 11.3 Å². The zero-order valence-electron chi connectivity index (χ0n) is 11.8. The minimum Gasteiger partial charge on any atom is -0.326 e.